The highest BCUT2D eigenvalue weighted by molar-refractivity contribution is 5.86. The zero-order chi connectivity index (χ0) is 12.6. The predicted octanol–water partition coefficient (Wildman–Crippen LogP) is 1.04. The van der Waals surface area contributed by atoms with Gasteiger partial charge in [-0.2, -0.15) is 0 Å². The number of carbonyl (C=O) groups is 2. The van der Waals surface area contributed by atoms with Gasteiger partial charge in [-0.25, -0.2) is 4.79 Å². The summed E-state index contributed by atoms with van der Waals surface area (Å²) in [5, 5.41) is 5.43. The Morgan fingerprint density at radius 2 is 2.06 bits per heavy atom. The molecule has 0 radical (unpaired) electrons. The molecule has 1 unspecified atom stereocenters. The Hall–Kier alpha value is -1.26. The number of alkyl carbamates (subject to hydrolysis) is 1. The van der Waals surface area contributed by atoms with Crippen molar-refractivity contribution in [2.75, 3.05) is 6.54 Å². The molecule has 1 fully saturated rings. The molecule has 5 nitrogen and oxygen atoms in total. The lowest BCUT2D eigenvalue weighted by Crippen LogP contribution is -2.47. The van der Waals surface area contributed by atoms with Gasteiger partial charge in [0.25, 0.3) is 0 Å². The van der Waals surface area contributed by atoms with Crippen molar-refractivity contribution in [2.45, 2.75) is 46.3 Å². The molecule has 1 aliphatic heterocycles. The molecule has 0 aromatic heterocycles. The van der Waals surface area contributed by atoms with E-state index in [4.69, 9.17) is 4.74 Å². The first-order chi connectivity index (χ1) is 7.13. The van der Waals surface area contributed by atoms with Crippen LogP contribution in [0.5, 0.6) is 0 Å². The third-order valence-electron chi connectivity index (χ3n) is 2.61. The Morgan fingerprint density at radius 3 is 2.44 bits per heavy atom. The van der Waals surface area contributed by atoms with Gasteiger partial charge in [-0.3, -0.25) is 4.79 Å². The van der Waals surface area contributed by atoms with Gasteiger partial charge in [-0.05, 0) is 34.6 Å². The first-order valence-corrected chi connectivity index (χ1v) is 5.41. The summed E-state index contributed by atoms with van der Waals surface area (Å²) < 4.78 is 5.14. The number of nitrogens with one attached hydrogen (secondary N) is 2. The Balaban J connectivity index is 2.56. The summed E-state index contributed by atoms with van der Waals surface area (Å²) in [6.07, 6.45) is -0.484. The summed E-state index contributed by atoms with van der Waals surface area (Å²) in [4.78, 5) is 23.0. The topological polar surface area (TPSA) is 67.4 Å². The normalized spacial score (nSPS) is 23.8. The van der Waals surface area contributed by atoms with Crippen molar-refractivity contribution >= 4 is 12.0 Å². The number of hydrogen-bond donors (Lipinski definition) is 2. The first kappa shape index (κ1) is 12.8. The first-order valence-electron chi connectivity index (χ1n) is 5.41. The van der Waals surface area contributed by atoms with Gasteiger partial charge in [-0.1, -0.05) is 0 Å². The van der Waals surface area contributed by atoms with Crippen molar-refractivity contribution in [1.82, 2.24) is 10.6 Å². The zero-order valence-corrected chi connectivity index (χ0v) is 10.5. The Morgan fingerprint density at radius 1 is 1.50 bits per heavy atom. The highest BCUT2D eigenvalue weighted by atomic mass is 16.6. The highest BCUT2D eigenvalue weighted by Gasteiger charge is 2.43. The van der Waals surface area contributed by atoms with Crippen molar-refractivity contribution in [3.8, 4) is 0 Å². The van der Waals surface area contributed by atoms with E-state index in [1.165, 1.54) is 0 Å². The van der Waals surface area contributed by atoms with Crippen LogP contribution in [0.25, 0.3) is 0 Å². The van der Waals surface area contributed by atoms with Crippen molar-refractivity contribution < 1.29 is 14.3 Å². The second-order valence-corrected chi connectivity index (χ2v) is 5.63. The largest absolute Gasteiger partial charge is 0.444 e. The van der Waals surface area contributed by atoms with Crippen molar-refractivity contribution in [2.24, 2.45) is 5.41 Å². The van der Waals surface area contributed by atoms with Crippen LogP contribution < -0.4 is 10.6 Å². The van der Waals surface area contributed by atoms with Crippen LogP contribution in [0.3, 0.4) is 0 Å². The minimum atomic E-state index is -0.586. The van der Waals surface area contributed by atoms with Gasteiger partial charge < -0.3 is 15.4 Å². The number of amides is 2. The highest BCUT2D eigenvalue weighted by Crippen LogP contribution is 2.25. The van der Waals surface area contributed by atoms with Gasteiger partial charge in [0.15, 0.2) is 0 Å². The molecule has 92 valence electrons. The third kappa shape index (κ3) is 2.87. The SMILES string of the molecule is CC(C)(C)OC(=O)NC1CNC(=O)C1(C)C. The van der Waals surface area contributed by atoms with E-state index in [0.717, 1.165) is 0 Å². The molecule has 1 heterocycles. The van der Waals surface area contributed by atoms with E-state index < -0.39 is 17.1 Å². The molecule has 0 bridgehead atoms. The second kappa shape index (κ2) is 3.96. The fraction of sp³-hybridized carbons (Fsp3) is 0.818. The summed E-state index contributed by atoms with van der Waals surface area (Å²) in [5.74, 6) is -0.0476. The van der Waals surface area contributed by atoms with E-state index in [1.807, 2.05) is 0 Å². The van der Waals surface area contributed by atoms with Crippen LogP contribution >= 0.6 is 0 Å². The standard InChI is InChI=1S/C11H20N2O3/c1-10(2,3)16-9(15)13-7-6-12-8(14)11(7,4)5/h7H,6H2,1-5H3,(H,12,14)(H,13,15). The van der Waals surface area contributed by atoms with Crippen molar-refractivity contribution in [1.29, 1.82) is 0 Å². The molecule has 1 rings (SSSR count). The fourth-order valence-electron chi connectivity index (χ4n) is 1.52. The summed E-state index contributed by atoms with van der Waals surface area (Å²) in [6.45, 7) is 9.46. The average Bonchev–Trinajstić information content (AvgIpc) is 2.28. The molecule has 0 saturated carbocycles. The van der Waals surface area contributed by atoms with Gasteiger partial charge in [0.05, 0.1) is 11.5 Å². The van der Waals surface area contributed by atoms with Crippen LogP contribution in [-0.4, -0.2) is 30.2 Å². The van der Waals surface area contributed by atoms with E-state index in [0.29, 0.717) is 6.54 Å². The lowest BCUT2D eigenvalue weighted by Gasteiger charge is -2.26. The monoisotopic (exact) mass is 228 g/mol. The molecular weight excluding hydrogens is 208 g/mol. The molecule has 1 saturated heterocycles. The van der Waals surface area contributed by atoms with Crippen LogP contribution in [0.2, 0.25) is 0 Å². The number of ether oxygens (including phenoxy) is 1. The minimum Gasteiger partial charge on any atom is -0.444 e. The smallest absolute Gasteiger partial charge is 0.407 e. The van der Waals surface area contributed by atoms with Crippen LogP contribution in [0.4, 0.5) is 4.79 Å². The molecular formula is C11H20N2O3. The third-order valence-corrected chi connectivity index (χ3v) is 2.61. The number of rotatable bonds is 1. The predicted molar refractivity (Wildman–Crippen MR) is 59.9 cm³/mol. The molecule has 0 aromatic carbocycles. The molecule has 0 aliphatic carbocycles. The van der Waals surface area contributed by atoms with Gasteiger partial charge in [0.2, 0.25) is 5.91 Å². The summed E-state index contributed by atoms with van der Waals surface area (Å²) in [5.41, 5.74) is -1.11. The quantitative estimate of drug-likeness (QED) is 0.704. The molecule has 1 atom stereocenters. The molecule has 0 spiro atoms. The van der Waals surface area contributed by atoms with E-state index in [-0.39, 0.29) is 11.9 Å². The average molecular weight is 228 g/mol. The minimum absolute atomic E-state index is 0.0476. The molecule has 2 amide bonds. The Labute approximate surface area is 95.9 Å². The zero-order valence-electron chi connectivity index (χ0n) is 10.5. The van der Waals surface area contributed by atoms with Crippen LogP contribution in [0.15, 0.2) is 0 Å². The maximum absolute atomic E-state index is 11.5. The van der Waals surface area contributed by atoms with Gasteiger partial charge in [0, 0.05) is 6.54 Å². The van der Waals surface area contributed by atoms with E-state index >= 15 is 0 Å². The fourth-order valence-corrected chi connectivity index (χ4v) is 1.52. The van der Waals surface area contributed by atoms with Crippen LogP contribution in [0.1, 0.15) is 34.6 Å². The maximum atomic E-state index is 11.5. The van der Waals surface area contributed by atoms with Gasteiger partial charge >= 0.3 is 6.09 Å². The lowest BCUT2D eigenvalue weighted by atomic mass is 9.87. The van der Waals surface area contributed by atoms with Crippen molar-refractivity contribution in [3.05, 3.63) is 0 Å². The summed E-state index contributed by atoms with van der Waals surface area (Å²) in [6, 6.07) is -0.227. The maximum Gasteiger partial charge on any atom is 0.407 e. The van der Waals surface area contributed by atoms with Gasteiger partial charge in [-0.15, -0.1) is 0 Å². The van der Waals surface area contributed by atoms with E-state index in [9.17, 15) is 9.59 Å². The Kier molecular flexibility index (Phi) is 3.17. The van der Waals surface area contributed by atoms with Crippen molar-refractivity contribution in [3.63, 3.8) is 0 Å². The van der Waals surface area contributed by atoms with Crippen LogP contribution in [0, 0.1) is 5.41 Å². The number of hydrogen-bond acceptors (Lipinski definition) is 3. The molecule has 16 heavy (non-hydrogen) atoms. The lowest BCUT2D eigenvalue weighted by molar-refractivity contribution is -0.126. The molecule has 5 heteroatoms. The molecule has 2 N–H and O–H groups in total. The van der Waals surface area contributed by atoms with E-state index in [2.05, 4.69) is 10.6 Å². The number of carbonyl (C=O) groups excluding carboxylic acids is 2. The molecule has 0 aromatic rings. The summed E-state index contributed by atoms with van der Waals surface area (Å²) in [7, 11) is 0. The van der Waals surface area contributed by atoms with E-state index in [1.54, 1.807) is 34.6 Å². The second-order valence-electron chi connectivity index (χ2n) is 5.63. The molecule has 1 aliphatic rings. The summed E-state index contributed by atoms with van der Waals surface area (Å²) >= 11 is 0. The Bertz CT molecular complexity index is 305. The van der Waals surface area contributed by atoms with Gasteiger partial charge in [0.1, 0.15) is 5.60 Å². The van der Waals surface area contributed by atoms with Crippen LogP contribution in [-0.2, 0) is 9.53 Å².